The van der Waals surface area contributed by atoms with Gasteiger partial charge in [0.15, 0.2) is 0 Å². The summed E-state index contributed by atoms with van der Waals surface area (Å²) < 4.78 is 4.93. The predicted molar refractivity (Wildman–Crippen MR) is 96.3 cm³/mol. The number of esters is 1. The van der Waals surface area contributed by atoms with Crippen LogP contribution in [0.25, 0.3) is 0 Å². The van der Waals surface area contributed by atoms with Crippen LogP contribution >= 0.6 is 22.9 Å². The van der Waals surface area contributed by atoms with E-state index >= 15 is 0 Å². The molecule has 1 atom stereocenters. The van der Waals surface area contributed by atoms with Crippen LogP contribution in [-0.4, -0.2) is 19.0 Å². The number of nitrogens with one attached hydrogen (secondary N) is 1. The Morgan fingerprint density at radius 1 is 1.29 bits per heavy atom. The molecule has 3 rings (SSSR count). The van der Waals surface area contributed by atoms with Crippen LogP contribution in [0.3, 0.4) is 0 Å². The first-order chi connectivity index (χ1) is 11.5. The molecule has 0 fully saturated rings. The zero-order chi connectivity index (χ0) is 17.3. The van der Waals surface area contributed by atoms with Crippen LogP contribution in [0.2, 0.25) is 5.02 Å². The lowest BCUT2D eigenvalue weighted by atomic mass is 9.88. The molecule has 0 bridgehead atoms. The smallest absolute Gasteiger partial charge is 0.341 e. The number of halogens is 1. The Hall–Kier alpha value is -1.85. The van der Waals surface area contributed by atoms with E-state index in [0.29, 0.717) is 27.1 Å². The van der Waals surface area contributed by atoms with Crippen LogP contribution in [0.5, 0.6) is 0 Å². The molecule has 0 saturated carbocycles. The molecule has 4 nitrogen and oxygen atoms in total. The molecule has 1 N–H and O–H groups in total. The lowest BCUT2D eigenvalue weighted by molar-refractivity contribution is 0.0601. The number of hydrogen-bond donors (Lipinski definition) is 1. The summed E-state index contributed by atoms with van der Waals surface area (Å²) in [6.07, 6.45) is 2.81. The Balaban J connectivity index is 1.93. The van der Waals surface area contributed by atoms with E-state index in [1.165, 1.54) is 23.3 Å². The van der Waals surface area contributed by atoms with Gasteiger partial charge in [0.1, 0.15) is 5.00 Å². The number of fused-ring (bicyclic) bond motifs is 1. The third-order valence-corrected chi connectivity index (χ3v) is 5.66. The van der Waals surface area contributed by atoms with Gasteiger partial charge in [-0.2, -0.15) is 0 Å². The second-order valence-electron chi connectivity index (χ2n) is 6.01. The molecule has 1 amide bonds. The summed E-state index contributed by atoms with van der Waals surface area (Å²) in [5.74, 6) is -0.0709. The molecular formula is C18H18ClNO3S. The Labute approximate surface area is 149 Å². The van der Waals surface area contributed by atoms with E-state index in [9.17, 15) is 9.59 Å². The van der Waals surface area contributed by atoms with Gasteiger partial charge in [-0.05, 0) is 55.0 Å². The summed E-state index contributed by atoms with van der Waals surface area (Å²) in [5.41, 5.74) is 2.03. The molecule has 1 aromatic carbocycles. The van der Waals surface area contributed by atoms with Crippen molar-refractivity contribution < 1.29 is 14.3 Å². The Morgan fingerprint density at radius 3 is 2.67 bits per heavy atom. The van der Waals surface area contributed by atoms with E-state index in [1.54, 1.807) is 24.3 Å². The number of anilines is 1. The standard InChI is InChI=1S/C18H18ClNO3S/c1-10-3-8-13-14(9-10)24-17(15(13)18(22)23-2)20-16(21)11-4-6-12(19)7-5-11/h4-7,10H,3,8-9H2,1-2H3,(H,20,21). The molecule has 1 heterocycles. The maximum absolute atomic E-state index is 12.5. The number of amides is 1. The molecular weight excluding hydrogens is 346 g/mol. The lowest BCUT2D eigenvalue weighted by Crippen LogP contribution is -2.16. The SMILES string of the molecule is COC(=O)c1c(NC(=O)c2ccc(Cl)cc2)sc2c1CCC(C)C2. The van der Waals surface area contributed by atoms with Crippen LogP contribution in [0.15, 0.2) is 24.3 Å². The number of benzene rings is 1. The third-order valence-electron chi connectivity index (χ3n) is 4.23. The van der Waals surface area contributed by atoms with E-state index in [0.717, 1.165) is 24.8 Å². The minimum absolute atomic E-state index is 0.261. The van der Waals surface area contributed by atoms with Gasteiger partial charge >= 0.3 is 5.97 Å². The minimum atomic E-state index is -0.395. The molecule has 24 heavy (non-hydrogen) atoms. The van der Waals surface area contributed by atoms with E-state index < -0.39 is 5.97 Å². The van der Waals surface area contributed by atoms with Crippen LogP contribution in [0.4, 0.5) is 5.00 Å². The van der Waals surface area contributed by atoms with Crippen LogP contribution < -0.4 is 5.32 Å². The second kappa shape index (κ2) is 6.95. The van der Waals surface area contributed by atoms with Crippen molar-refractivity contribution in [1.82, 2.24) is 0 Å². The van der Waals surface area contributed by atoms with Gasteiger partial charge in [-0.1, -0.05) is 18.5 Å². The minimum Gasteiger partial charge on any atom is -0.465 e. The van der Waals surface area contributed by atoms with Crippen molar-refractivity contribution in [1.29, 1.82) is 0 Å². The number of carbonyl (C=O) groups is 2. The highest BCUT2D eigenvalue weighted by atomic mass is 35.5. The average molecular weight is 364 g/mol. The Bertz CT molecular complexity index is 782. The van der Waals surface area contributed by atoms with Gasteiger partial charge in [-0.25, -0.2) is 4.79 Å². The number of carbonyl (C=O) groups excluding carboxylic acids is 2. The first-order valence-corrected chi connectivity index (χ1v) is 8.98. The van der Waals surface area contributed by atoms with Crippen molar-refractivity contribution in [2.24, 2.45) is 5.92 Å². The first-order valence-electron chi connectivity index (χ1n) is 7.79. The van der Waals surface area contributed by atoms with Crippen molar-refractivity contribution in [2.45, 2.75) is 26.2 Å². The van der Waals surface area contributed by atoms with E-state index in [4.69, 9.17) is 16.3 Å². The molecule has 0 spiro atoms. The summed E-state index contributed by atoms with van der Waals surface area (Å²) in [4.78, 5) is 25.9. The molecule has 1 unspecified atom stereocenters. The highest BCUT2D eigenvalue weighted by Crippen LogP contribution is 2.40. The average Bonchev–Trinajstić information content (AvgIpc) is 2.91. The highest BCUT2D eigenvalue weighted by Gasteiger charge is 2.29. The van der Waals surface area contributed by atoms with Gasteiger partial charge in [-0.3, -0.25) is 4.79 Å². The zero-order valence-electron chi connectivity index (χ0n) is 13.5. The van der Waals surface area contributed by atoms with Crippen molar-refractivity contribution in [3.63, 3.8) is 0 Å². The molecule has 126 valence electrons. The molecule has 2 aromatic rings. The van der Waals surface area contributed by atoms with Gasteiger partial charge in [0.05, 0.1) is 12.7 Å². The van der Waals surface area contributed by atoms with E-state index in [-0.39, 0.29) is 5.91 Å². The fourth-order valence-electron chi connectivity index (χ4n) is 2.93. The lowest BCUT2D eigenvalue weighted by Gasteiger charge is -2.18. The fraction of sp³-hybridized carbons (Fsp3) is 0.333. The molecule has 0 saturated heterocycles. The molecule has 6 heteroatoms. The molecule has 1 aliphatic rings. The number of methoxy groups -OCH3 is 1. The third kappa shape index (κ3) is 3.32. The number of rotatable bonds is 3. The number of thiophene rings is 1. The summed E-state index contributed by atoms with van der Waals surface area (Å²) in [6.45, 7) is 2.20. The molecule has 1 aromatic heterocycles. The summed E-state index contributed by atoms with van der Waals surface area (Å²) in [5, 5.41) is 4.01. The first kappa shape index (κ1) is 17.0. The topological polar surface area (TPSA) is 55.4 Å². The quantitative estimate of drug-likeness (QED) is 0.813. The summed E-state index contributed by atoms with van der Waals surface area (Å²) in [7, 11) is 1.36. The Kier molecular flexibility index (Phi) is 4.92. The molecule has 0 radical (unpaired) electrons. The van der Waals surface area contributed by atoms with Gasteiger partial charge in [0.25, 0.3) is 5.91 Å². The van der Waals surface area contributed by atoms with Gasteiger partial charge in [-0.15, -0.1) is 11.3 Å². The van der Waals surface area contributed by atoms with E-state index in [2.05, 4.69) is 12.2 Å². The van der Waals surface area contributed by atoms with Gasteiger partial charge < -0.3 is 10.1 Å². The van der Waals surface area contributed by atoms with E-state index in [1.807, 2.05) is 0 Å². The number of hydrogen-bond acceptors (Lipinski definition) is 4. The van der Waals surface area contributed by atoms with Crippen LogP contribution in [-0.2, 0) is 17.6 Å². The molecule has 0 aliphatic heterocycles. The maximum Gasteiger partial charge on any atom is 0.341 e. The van der Waals surface area contributed by atoms with Crippen molar-refractivity contribution in [3.8, 4) is 0 Å². The van der Waals surface area contributed by atoms with Crippen LogP contribution in [0, 0.1) is 5.92 Å². The predicted octanol–water partition coefficient (Wildman–Crippen LogP) is 4.57. The maximum atomic E-state index is 12.5. The van der Waals surface area contributed by atoms with Crippen molar-refractivity contribution >= 4 is 39.8 Å². The second-order valence-corrected chi connectivity index (χ2v) is 7.55. The largest absolute Gasteiger partial charge is 0.465 e. The van der Waals surface area contributed by atoms with Crippen molar-refractivity contribution in [3.05, 3.63) is 50.9 Å². The Morgan fingerprint density at radius 2 is 2.00 bits per heavy atom. The normalized spacial score (nSPS) is 16.4. The zero-order valence-corrected chi connectivity index (χ0v) is 15.1. The van der Waals surface area contributed by atoms with Gasteiger partial charge in [0, 0.05) is 15.5 Å². The van der Waals surface area contributed by atoms with Gasteiger partial charge in [0.2, 0.25) is 0 Å². The molecule has 1 aliphatic carbocycles. The summed E-state index contributed by atoms with van der Waals surface area (Å²) in [6, 6.07) is 6.65. The van der Waals surface area contributed by atoms with Crippen LogP contribution in [0.1, 0.15) is 44.5 Å². The number of ether oxygens (including phenoxy) is 1. The monoisotopic (exact) mass is 363 g/mol. The highest BCUT2D eigenvalue weighted by molar-refractivity contribution is 7.17. The summed E-state index contributed by atoms with van der Waals surface area (Å²) >= 11 is 7.33. The fourth-order valence-corrected chi connectivity index (χ4v) is 4.45. The van der Waals surface area contributed by atoms with Crippen molar-refractivity contribution in [2.75, 3.05) is 12.4 Å².